The first kappa shape index (κ1) is 15.0. The summed E-state index contributed by atoms with van der Waals surface area (Å²) in [5, 5.41) is 6.37. The third-order valence-electron chi connectivity index (χ3n) is 4.10. The van der Waals surface area contributed by atoms with Crippen molar-refractivity contribution in [1.29, 1.82) is 0 Å². The maximum Gasteiger partial charge on any atom is 0.227 e. The van der Waals surface area contributed by atoms with Crippen LogP contribution < -0.4 is 10.6 Å². The molecule has 2 rings (SSSR count). The molecule has 0 aromatic heterocycles. The SMILES string of the molecule is CC(C)C(NC(=O)C1(C)CCNC1)c1ccc(F)cc1. The minimum atomic E-state index is -0.340. The van der Waals surface area contributed by atoms with E-state index in [0.717, 1.165) is 18.5 Å². The lowest BCUT2D eigenvalue weighted by atomic mass is 9.87. The van der Waals surface area contributed by atoms with Gasteiger partial charge in [-0.05, 0) is 43.5 Å². The van der Waals surface area contributed by atoms with Gasteiger partial charge >= 0.3 is 0 Å². The van der Waals surface area contributed by atoms with E-state index in [4.69, 9.17) is 0 Å². The fourth-order valence-corrected chi connectivity index (χ4v) is 2.63. The first-order valence-corrected chi connectivity index (χ1v) is 7.19. The highest BCUT2D eigenvalue weighted by atomic mass is 19.1. The molecule has 0 aliphatic carbocycles. The van der Waals surface area contributed by atoms with Gasteiger partial charge in [-0.25, -0.2) is 4.39 Å². The third-order valence-corrected chi connectivity index (χ3v) is 4.10. The molecular weight excluding hydrogens is 255 g/mol. The quantitative estimate of drug-likeness (QED) is 0.889. The number of hydrogen-bond acceptors (Lipinski definition) is 2. The number of amides is 1. The Morgan fingerprint density at radius 3 is 2.50 bits per heavy atom. The molecule has 2 unspecified atom stereocenters. The summed E-state index contributed by atoms with van der Waals surface area (Å²) < 4.78 is 13.0. The van der Waals surface area contributed by atoms with Gasteiger partial charge in [0, 0.05) is 6.54 Å². The van der Waals surface area contributed by atoms with Gasteiger partial charge in [-0.2, -0.15) is 0 Å². The Morgan fingerprint density at radius 1 is 1.35 bits per heavy atom. The van der Waals surface area contributed by atoms with Crippen molar-refractivity contribution in [2.45, 2.75) is 33.2 Å². The molecule has 0 bridgehead atoms. The molecule has 1 aliphatic heterocycles. The first-order valence-electron chi connectivity index (χ1n) is 7.19. The smallest absolute Gasteiger partial charge is 0.227 e. The maximum absolute atomic E-state index is 13.0. The van der Waals surface area contributed by atoms with Crippen LogP contribution in [0.2, 0.25) is 0 Å². The Labute approximate surface area is 120 Å². The van der Waals surface area contributed by atoms with Crippen LogP contribution in [0.5, 0.6) is 0 Å². The standard InChI is InChI=1S/C16H23FN2O/c1-11(2)14(12-4-6-13(17)7-5-12)19-15(20)16(3)8-9-18-10-16/h4-7,11,14,18H,8-10H2,1-3H3,(H,19,20). The van der Waals surface area contributed by atoms with Crippen molar-refractivity contribution in [2.24, 2.45) is 11.3 Å². The molecule has 4 heteroatoms. The van der Waals surface area contributed by atoms with Crippen LogP contribution in [0.4, 0.5) is 4.39 Å². The number of hydrogen-bond donors (Lipinski definition) is 2. The summed E-state index contributed by atoms with van der Waals surface area (Å²) in [6.45, 7) is 7.71. The molecular formula is C16H23FN2O. The summed E-state index contributed by atoms with van der Waals surface area (Å²) in [6, 6.07) is 6.29. The molecule has 110 valence electrons. The van der Waals surface area contributed by atoms with Crippen molar-refractivity contribution in [3.63, 3.8) is 0 Å². The lowest BCUT2D eigenvalue weighted by Crippen LogP contribution is -2.43. The lowest BCUT2D eigenvalue weighted by molar-refractivity contribution is -0.130. The van der Waals surface area contributed by atoms with Crippen LogP contribution in [0.15, 0.2) is 24.3 Å². The van der Waals surface area contributed by atoms with Gasteiger partial charge in [0.2, 0.25) is 5.91 Å². The van der Waals surface area contributed by atoms with E-state index >= 15 is 0 Å². The Bertz CT molecular complexity index is 464. The lowest BCUT2D eigenvalue weighted by Gasteiger charge is -2.28. The van der Waals surface area contributed by atoms with Crippen LogP contribution >= 0.6 is 0 Å². The Kier molecular flexibility index (Phi) is 4.43. The van der Waals surface area contributed by atoms with Crippen LogP contribution in [-0.2, 0) is 4.79 Å². The molecule has 2 N–H and O–H groups in total. The van der Waals surface area contributed by atoms with E-state index in [9.17, 15) is 9.18 Å². The molecule has 1 aromatic carbocycles. The summed E-state index contributed by atoms with van der Waals surface area (Å²) in [4.78, 5) is 12.5. The molecule has 1 fully saturated rings. The topological polar surface area (TPSA) is 41.1 Å². The zero-order valence-electron chi connectivity index (χ0n) is 12.4. The Balaban J connectivity index is 2.13. The minimum Gasteiger partial charge on any atom is -0.349 e. The van der Waals surface area contributed by atoms with Crippen LogP contribution in [0.25, 0.3) is 0 Å². The van der Waals surface area contributed by atoms with Crippen molar-refractivity contribution in [3.8, 4) is 0 Å². The van der Waals surface area contributed by atoms with Crippen LogP contribution in [0.1, 0.15) is 38.8 Å². The summed E-state index contributed by atoms with van der Waals surface area (Å²) in [5.41, 5.74) is 0.608. The largest absolute Gasteiger partial charge is 0.349 e. The number of benzene rings is 1. The van der Waals surface area contributed by atoms with Gasteiger partial charge in [0.05, 0.1) is 11.5 Å². The van der Waals surface area contributed by atoms with Gasteiger partial charge in [-0.15, -0.1) is 0 Å². The highest BCUT2D eigenvalue weighted by Gasteiger charge is 2.37. The van der Waals surface area contributed by atoms with Crippen molar-refractivity contribution in [2.75, 3.05) is 13.1 Å². The second-order valence-corrected chi connectivity index (χ2v) is 6.23. The van der Waals surface area contributed by atoms with Gasteiger partial charge < -0.3 is 10.6 Å². The number of halogens is 1. The van der Waals surface area contributed by atoms with E-state index in [1.165, 1.54) is 12.1 Å². The van der Waals surface area contributed by atoms with Crippen molar-refractivity contribution < 1.29 is 9.18 Å². The van der Waals surface area contributed by atoms with Gasteiger partial charge in [0.1, 0.15) is 5.82 Å². The van der Waals surface area contributed by atoms with Crippen molar-refractivity contribution in [1.82, 2.24) is 10.6 Å². The van der Waals surface area contributed by atoms with Crippen LogP contribution in [-0.4, -0.2) is 19.0 Å². The summed E-state index contributed by atoms with van der Waals surface area (Å²) in [7, 11) is 0. The first-order chi connectivity index (χ1) is 9.42. The molecule has 1 heterocycles. The monoisotopic (exact) mass is 278 g/mol. The van der Waals surface area contributed by atoms with Crippen LogP contribution in [0.3, 0.4) is 0 Å². The van der Waals surface area contributed by atoms with Gasteiger partial charge in [0.25, 0.3) is 0 Å². The second-order valence-electron chi connectivity index (χ2n) is 6.23. The molecule has 1 aromatic rings. The average Bonchev–Trinajstić information content (AvgIpc) is 2.85. The average molecular weight is 278 g/mol. The van der Waals surface area contributed by atoms with Gasteiger partial charge in [-0.1, -0.05) is 26.0 Å². The number of carbonyl (C=O) groups is 1. The van der Waals surface area contributed by atoms with Gasteiger partial charge in [0.15, 0.2) is 0 Å². The zero-order valence-corrected chi connectivity index (χ0v) is 12.4. The maximum atomic E-state index is 13.0. The van der Waals surface area contributed by atoms with E-state index in [2.05, 4.69) is 24.5 Å². The Morgan fingerprint density at radius 2 is 2.00 bits per heavy atom. The molecule has 3 nitrogen and oxygen atoms in total. The number of nitrogens with one attached hydrogen (secondary N) is 2. The third kappa shape index (κ3) is 3.18. The summed E-state index contributed by atoms with van der Waals surface area (Å²) >= 11 is 0. The normalized spacial score (nSPS) is 23.9. The fourth-order valence-electron chi connectivity index (χ4n) is 2.63. The predicted octanol–water partition coefficient (Wildman–Crippen LogP) is 2.64. The second kappa shape index (κ2) is 5.92. The van der Waals surface area contributed by atoms with Crippen molar-refractivity contribution in [3.05, 3.63) is 35.6 Å². The molecule has 1 amide bonds. The molecule has 1 saturated heterocycles. The highest BCUT2D eigenvalue weighted by molar-refractivity contribution is 5.83. The Hall–Kier alpha value is -1.42. The molecule has 0 saturated carbocycles. The van der Waals surface area contributed by atoms with Gasteiger partial charge in [-0.3, -0.25) is 4.79 Å². The van der Waals surface area contributed by atoms with E-state index in [0.29, 0.717) is 6.54 Å². The summed E-state index contributed by atoms with van der Waals surface area (Å²) in [6.07, 6.45) is 0.854. The van der Waals surface area contributed by atoms with E-state index in [1.54, 1.807) is 12.1 Å². The fraction of sp³-hybridized carbons (Fsp3) is 0.562. The summed E-state index contributed by atoms with van der Waals surface area (Å²) in [5.74, 6) is 0.0717. The molecule has 20 heavy (non-hydrogen) atoms. The predicted molar refractivity (Wildman–Crippen MR) is 77.7 cm³/mol. The van der Waals surface area contributed by atoms with E-state index < -0.39 is 0 Å². The molecule has 0 spiro atoms. The van der Waals surface area contributed by atoms with Crippen LogP contribution in [0, 0.1) is 17.2 Å². The number of rotatable bonds is 4. The zero-order chi connectivity index (χ0) is 14.8. The van der Waals surface area contributed by atoms with E-state index in [1.807, 2.05) is 6.92 Å². The van der Waals surface area contributed by atoms with E-state index in [-0.39, 0.29) is 29.1 Å². The number of carbonyl (C=O) groups excluding carboxylic acids is 1. The highest BCUT2D eigenvalue weighted by Crippen LogP contribution is 2.28. The van der Waals surface area contributed by atoms with Crippen molar-refractivity contribution >= 4 is 5.91 Å². The minimum absolute atomic E-state index is 0.0746. The molecule has 2 atom stereocenters. The molecule has 0 radical (unpaired) electrons. The molecule has 1 aliphatic rings.